The highest BCUT2D eigenvalue weighted by Gasteiger charge is 2.32. The lowest BCUT2D eigenvalue weighted by Gasteiger charge is -2.28. The van der Waals surface area contributed by atoms with Crippen molar-refractivity contribution in [3.05, 3.63) is 39.8 Å². The Morgan fingerprint density at radius 3 is 3.25 bits per heavy atom. The van der Waals surface area contributed by atoms with Gasteiger partial charge in [0.1, 0.15) is 0 Å². The monoisotopic (exact) mass is 345 g/mol. The molecule has 2 aliphatic heterocycles. The first kappa shape index (κ1) is 15.8. The van der Waals surface area contributed by atoms with Crippen LogP contribution in [-0.4, -0.2) is 39.8 Å². The van der Waals surface area contributed by atoms with Crippen LogP contribution in [0, 0.1) is 6.92 Å². The highest BCUT2D eigenvalue weighted by molar-refractivity contribution is 7.10. The van der Waals surface area contributed by atoms with Gasteiger partial charge in [0.25, 0.3) is 0 Å². The van der Waals surface area contributed by atoms with Crippen molar-refractivity contribution in [1.29, 1.82) is 0 Å². The van der Waals surface area contributed by atoms with Crippen LogP contribution < -0.4 is 0 Å². The summed E-state index contributed by atoms with van der Waals surface area (Å²) in [6.45, 7) is 4.41. The molecule has 2 aliphatic rings. The van der Waals surface area contributed by atoms with Gasteiger partial charge in [0.2, 0.25) is 5.91 Å². The van der Waals surface area contributed by atoms with Gasteiger partial charge in [-0.25, -0.2) is 0 Å². The molecule has 0 unspecified atom stereocenters. The zero-order valence-corrected chi connectivity index (χ0v) is 14.8. The van der Waals surface area contributed by atoms with Gasteiger partial charge in [0.15, 0.2) is 0 Å². The Morgan fingerprint density at radius 1 is 1.50 bits per heavy atom. The molecule has 0 aliphatic carbocycles. The number of likely N-dealkylation sites (tertiary alicyclic amines) is 1. The van der Waals surface area contributed by atoms with Crippen LogP contribution in [-0.2, 0) is 22.5 Å². The van der Waals surface area contributed by atoms with Gasteiger partial charge in [0, 0.05) is 24.0 Å². The largest absolute Gasteiger partial charge is 0.373 e. The van der Waals surface area contributed by atoms with Crippen LogP contribution in [0.25, 0.3) is 0 Å². The van der Waals surface area contributed by atoms with Gasteiger partial charge in [-0.2, -0.15) is 5.10 Å². The summed E-state index contributed by atoms with van der Waals surface area (Å²) in [6.07, 6.45) is 7.41. The van der Waals surface area contributed by atoms with Crippen LogP contribution in [0.4, 0.5) is 0 Å². The summed E-state index contributed by atoms with van der Waals surface area (Å²) in [7, 11) is 0. The first-order valence-corrected chi connectivity index (χ1v) is 9.55. The fourth-order valence-electron chi connectivity index (χ4n) is 3.81. The zero-order valence-electron chi connectivity index (χ0n) is 14.0. The molecule has 1 amide bonds. The number of ether oxygens (including phenoxy) is 1. The molecule has 4 rings (SSSR count). The number of aryl methyl sites for hydroxylation is 1. The molecule has 4 heterocycles. The van der Waals surface area contributed by atoms with E-state index in [0.717, 1.165) is 44.5 Å². The Morgan fingerprint density at radius 2 is 2.42 bits per heavy atom. The van der Waals surface area contributed by atoms with Crippen molar-refractivity contribution >= 4 is 17.2 Å². The van der Waals surface area contributed by atoms with Crippen molar-refractivity contribution in [2.24, 2.45) is 0 Å². The predicted octanol–water partition coefficient (Wildman–Crippen LogP) is 2.95. The maximum atomic E-state index is 12.9. The molecule has 1 saturated heterocycles. The Bertz CT molecular complexity index is 723. The van der Waals surface area contributed by atoms with Crippen LogP contribution in [0.2, 0.25) is 0 Å². The van der Waals surface area contributed by atoms with Gasteiger partial charge in [-0.1, -0.05) is 0 Å². The van der Waals surface area contributed by atoms with E-state index in [-0.39, 0.29) is 18.1 Å². The van der Waals surface area contributed by atoms with Crippen molar-refractivity contribution in [2.75, 3.05) is 13.2 Å². The number of thiophene rings is 1. The second-order valence-electron chi connectivity index (χ2n) is 6.74. The van der Waals surface area contributed by atoms with E-state index in [1.54, 1.807) is 11.3 Å². The summed E-state index contributed by atoms with van der Waals surface area (Å²) >= 11 is 1.78. The maximum Gasteiger partial charge on any atom is 0.225 e. The van der Waals surface area contributed by atoms with Crippen LogP contribution in [0.15, 0.2) is 23.8 Å². The number of aromatic nitrogens is 2. The van der Waals surface area contributed by atoms with E-state index in [2.05, 4.69) is 16.5 Å². The minimum absolute atomic E-state index is 0.0688. The van der Waals surface area contributed by atoms with Crippen molar-refractivity contribution in [3.63, 3.8) is 0 Å². The van der Waals surface area contributed by atoms with Gasteiger partial charge in [-0.15, -0.1) is 11.3 Å². The molecule has 0 saturated carbocycles. The number of nitrogens with zero attached hydrogens (tertiary/aromatic N) is 3. The van der Waals surface area contributed by atoms with Gasteiger partial charge in [-0.05, 0) is 42.3 Å². The number of fused-ring (bicyclic) bond motifs is 1. The third-order valence-corrected chi connectivity index (χ3v) is 5.99. The summed E-state index contributed by atoms with van der Waals surface area (Å²) in [5.74, 6) is 0.213. The third-order valence-electron chi connectivity index (χ3n) is 4.99. The molecule has 2 aromatic heterocycles. The van der Waals surface area contributed by atoms with E-state index in [4.69, 9.17) is 4.74 Å². The quantitative estimate of drug-likeness (QED) is 0.856. The Hall–Kier alpha value is -1.66. The molecular weight excluding hydrogens is 322 g/mol. The SMILES string of the molecule is Cc1cnn(C[C@@H]2CCCN2C(=O)C[C@H]2OCCc3sccc32)c1. The van der Waals surface area contributed by atoms with E-state index in [1.807, 2.05) is 28.9 Å². The second-order valence-corrected chi connectivity index (χ2v) is 7.74. The summed E-state index contributed by atoms with van der Waals surface area (Å²) in [4.78, 5) is 16.3. The smallest absolute Gasteiger partial charge is 0.225 e. The Labute approximate surface area is 146 Å². The molecule has 6 heteroatoms. The molecule has 0 aromatic carbocycles. The minimum Gasteiger partial charge on any atom is -0.373 e. The average molecular weight is 345 g/mol. The van der Waals surface area contributed by atoms with Gasteiger partial charge < -0.3 is 9.64 Å². The van der Waals surface area contributed by atoms with Crippen LogP contribution in [0.5, 0.6) is 0 Å². The summed E-state index contributed by atoms with van der Waals surface area (Å²) in [5.41, 5.74) is 2.38. The zero-order chi connectivity index (χ0) is 16.5. The highest BCUT2D eigenvalue weighted by atomic mass is 32.1. The minimum atomic E-state index is -0.0688. The molecule has 24 heavy (non-hydrogen) atoms. The molecule has 128 valence electrons. The van der Waals surface area contributed by atoms with E-state index in [1.165, 1.54) is 10.4 Å². The molecule has 0 spiro atoms. The van der Waals surface area contributed by atoms with E-state index >= 15 is 0 Å². The number of carbonyl (C=O) groups excluding carboxylic acids is 1. The molecule has 2 atom stereocenters. The number of rotatable bonds is 4. The third kappa shape index (κ3) is 3.13. The topological polar surface area (TPSA) is 47.4 Å². The number of hydrogen-bond acceptors (Lipinski definition) is 4. The van der Waals surface area contributed by atoms with Crippen molar-refractivity contribution in [3.8, 4) is 0 Å². The van der Waals surface area contributed by atoms with Crippen molar-refractivity contribution in [2.45, 2.75) is 51.3 Å². The normalized spacial score (nSPS) is 23.5. The van der Waals surface area contributed by atoms with Gasteiger partial charge >= 0.3 is 0 Å². The molecule has 0 N–H and O–H groups in total. The van der Waals surface area contributed by atoms with Crippen molar-refractivity contribution < 1.29 is 9.53 Å². The van der Waals surface area contributed by atoms with Crippen LogP contribution >= 0.6 is 11.3 Å². The van der Waals surface area contributed by atoms with Gasteiger partial charge in [-0.3, -0.25) is 9.48 Å². The lowest BCUT2D eigenvalue weighted by Crippen LogP contribution is -2.39. The number of amides is 1. The number of hydrogen-bond donors (Lipinski definition) is 0. The molecule has 0 bridgehead atoms. The van der Waals surface area contributed by atoms with E-state index in [0.29, 0.717) is 6.42 Å². The van der Waals surface area contributed by atoms with Crippen LogP contribution in [0.3, 0.4) is 0 Å². The highest BCUT2D eigenvalue weighted by Crippen LogP contribution is 2.34. The molecule has 0 radical (unpaired) electrons. The lowest BCUT2D eigenvalue weighted by molar-refractivity contribution is -0.135. The van der Waals surface area contributed by atoms with Crippen LogP contribution in [0.1, 0.15) is 41.4 Å². The first-order chi connectivity index (χ1) is 11.7. The molecular formula is C18H23N3O2S. The Balaban J connectivity index is 1.42. The predicted molar refractivity (Wildman–Crippen MR) is 93.0 cm³/mol. The molecule has 5 nitrogen and oxygen atoms in total. The maximum absolute atomic E-state index is 12.9. The Kier molecular flexibility index (Phi) is 4.41. The average Bonchev–Trinajstić information content (AvgIpc) is 3.29. The van der Waals surface area contributed by atoms with E-state index < -0.39 is 0 Å². The number of carbonyl (C=O) groups is 1. The lowest BCUT2D eigenvalue weighted by atomic mass is 10.0. The molecule has 1 fully saturated rings. The summed E-state index contributed by atoms with van der Waals surface area (Å²) in [5, 5.41) is 6.47. The second kappa shape index (κ2) is 6.69. The fraction of sp³-hybridized carbons (Fsp3) is 0.556. The molecule has 2 aromatic rings. The summed E-state index contributed by atoms with van der Waals surface area (Å²) < 4.78 is 7.85. The first-order valence-electron chi connectivity index (χ1n) is 8.67. The van der Waals surface area contributed by atoms with E-state index in [9.17, 15) is 4.79 Å². The van der Waals surface area contributed by atoms with Gasteiger partial charge in [0.05, 0.1) is 37.9 Å². The fourth-order valence-corrected chi connectivity index (χ4v) is 4.72. The summed E-state index contributed by atoms with van der Waals surface area (Å²) in [6, 6.07) is 2.37. The standard InChI is InChI=1S/C18H23N3O2S/c1-13-10-19-20(11-13)12-14-3-2-6-21(14)18(22)9-16-15-5-8-24-17(15)4-7-23-16/h5,8,10-11,14,16H,2-4,6-7,9,12H2,1H3/t14-,16+/m0/s1. The van der Waals surface area contributed by atoms with Crippen molar-refractivity contribution in [1.82, 2.24) is 14.7 Å².